The number of rotatable bonds is 0. The molecule has 0 heterocycles. The molecule has 1 radical (unpaired) electrons. The number of hydrogen-bond acceptors (Lipinski definition) is 0. The maximum atomic E-state index is 3.24. The second-order valence-corrected chi connectivity index (χ2v) is 3.91. The minimum absolute atomic E-state index is 1.19. The fourth-order valence-corrected chi connectivity index (χ4v) is 2.05. The van der Waals surface area contributed by atoms with E-state index in [1.54, 1.807) is 0 Å². The molecule has 0 amide bonds. The van der Waals surface area contributed by atoms with Gasteiger partial charge in [0.2, 0.25) is 0 Å². The smallest absolute Gasteiger partial charge is 0.0102 e. The Labute approximate surface area is 89.2 Å². The summed E-state index contributed by atoms with van der Waals surface area (Å²) in [6, 6.07) is 20.3. The second kappa shape index (κ2) is 3.09. The molecule has 3 rings (SSSR count). The third-order valence-corrected chi connectivity index (χ3v) is 2.82. The summed E-state index contributed by atoms with van der Waals surface area (Å²) >= 11 is 0. The number of fused-ring (bicyclic) bond motifs is 3. The molecule has 0 saturated carbocycles. The van der Waals surface area contributed by atoms with Crippen molar-refractivity contribution in [1.29, 1.82) is 0 Å². The van der Waals surface area contributed by atoms with Crippen LogP contribution in [0.15, 0.2) is 48.5 Å². The van der Waals surface area contributed by atoms with Gasteiger partial charge in [-0.3, -0.25) is 0 Å². The summed E-state index contributed by atoms with van der Waals surface area (Å²) in [5.74, 6) is 0. The highest BCUT2D eigenvalue weighted by Crippen LogP contribution is 2.25. The molecule has 15 heavy (non-hydrogen) atoms. The first-order chi connectivity index (χ1) is 7.34. The molecule has 3 aromatic rings. The van der Waals surface area contributed by atoms with Gasteiger partial charge >= 0.3 is 0 Å². The molecule has 0 aliphatic rings. The fourth-order valence-electron chi connectivity index (χ4n) is 2.05. The topological polar surface area (TPSA) is 0 Å². The van der Waals surface area contributed by atoms with Crippen LogP contribution in [0.25, 0.3) is 21.5 Å². The van der Waals surface area contributed by atoms with Crippen LogP contribution in [0.1, 0.15) is 5.56 Å². The lowest BCUT2D eigenvalue weighted by Crippen LogP contribution is -1.79. The average Bonchev–Trinajstić information content (AvgIpc) is 2.29. The Morgan fingerprint density at radius 2 is 1.67 bits per heavy atom. The first-order valence-corrected chi connectivity index (χ1v) is 5.14. The van der Waals surface area contributed by atoms with Crippen LogP contribution in [0, 0.1) is 13.0 Å². The third kappa shape index (κ3) is 1.30. The SMILES string of the molecule is Cc1[c]cc2ccc3ccccc3c2c1. The molecule has 3 aromatic carbocycles. The van der Waals surface area contributed by atoms with Crippen molar-refractivity contribution < 1.29 is 0 Å². The molecule has 0 bridgehead atoms. The van der Waals surface area contributed by atoms with Crippen molar-refractivity contribution >= 4 is 21.5 Å². The van der Waals surface area contributed by atoms with E-state index in [9.17, 15) is 0 Å². The van der Waals surface area contributed by atoms with Gasteiger partial charge in [-0.15, -0.1) is 0 Å². The first kappa shape index (κ1) is 8.49. The summed E-state index contributed by atoms with van der Waals surface area (Å²) in [6.07, 6.45) is 0. The third-order valence-electron chi connectivity index (χ3n) is 2.82. The van der Waals surface area contributed by atoms with Crippen molar-refractivity contribution in [3.05, 3.63) is 60.2 Å². The molecule has 0 unspecified atom stereocenters. The maximum Gasteiger partial charge on any atom is -0.0102 e. The highest BCUT2D eigenvalue weighted by atomic mass is 14.0. The van der Waals surface area contributed by atoms with Crippen molar-refractivity contribution in [2.75, 3.05) is 0 Å². The van der Waals surface area contributed by atoms with Crippen molar-refractivity contribution in [3.63, 3.8) is 0 Å². The molecule has 0 fully saturated rings. The van der Waals surface area contributed by atoms with Gasteiger partial charge < -0.3 is 0 Å². The van der Waals surface area contributed by atoms with E-state index < -0.39 is 0 Å². The molecule has 0 atom stereocenters. The Hall–Kier alpha value is -1.82. The van der Waals surface area contributed by atoms with E-state index in [1.165, 1.54) is 27.1 Å². The van der Waals surface area contributed by atoms with E-state index in [0.717, 1.165) is 0 Å². The summed E-state index contributed by atoms with van der Waals surface area (Å²) in [5.41, 5.74) is 1.19. The van der Waals surface area contributed by atoms with Crippen LogP contribution in [-0.4, -0.2) is 0 Å². The van der Waals surface area contributed by atoms with Crippen LogP contribution in [0.5, 0.6) is 0 Å². The Bertz CT molecular complexity index is 636. The van der Waals surface area contributed by atoms with E-state index in [0.29, 0.717) is 0 Å². The lowest BCUT2D eigenvalue weighted by Gasteiger charge is -2.04. The van der Waals surface area contributed by atoms with Crippen molar-refractivity contribution in [3.8, 4) is 0 Å². The van der Waals surface area contributed by atoms with Gasteiger partial charge in [-0.05, 0) is 46.2 Å². The Morgan fingerprint density at radius 3 is 2.60 bits per heavy atom. The Balaban J connectivity index is 2.57. The number of benzene rings is 3. The molecule has 0 spiro atoms. The molecular weight excluding hydrogens is 180 g/mol. The molecule has 0 N–H and O–H groups in total. The molecule has 0 aliphatic heterocycles. The van der Waals surface area contributed by atoms with Gasteiger partial charge in [0, 0.05) is 0 Å². The van der Waals surface area contributed by atoms with Gasteiger partial charge in [-0.25, -0.2) is 0 Å². The van der Waals surface area contributed by atoms with Crippen molar-refractivity contribution in [2.45, 2.75) is 6.92 Å². The Kier molecular flexibility index (Phi) is 1.75. The molecule has 0 aromatic heterocycles. The molecule has 0 aliphatic carbocycles. The largest absolute Gasteiger partial charge is 0.0616 e. The normalized spacial score (nSPS) is 11.0. The summed E-state index contributed by atoms with van der Waals surface area (Å²) in [6.45, 7) is 2.08. The van der Waals surface area contributed by atoms with E-state index in [-0.39, 0.29) is 0 Å². The lowest BCUT2D eigenvalue weighted by molar-refractivity contribution is 1.50. The van der Waals surface area contributed by atoms with Crippen LogP contribution >= 0.6 is 0 Å². The van der Waals surface area contributed by atoms with Gasteiger partial charge in [0.25, 0.3) is 0 Å². The number of hydrogen-bond donors (Lipinski definition) is 0. The van der Waals surface area contributed by atoms with Gasteiger partial charge in [0.05, 0.1) is 0 Å². The van der Waals surface area contributed by atoms with E-state index in [2.05, 4.69) is 61.5 Å². The van der Waals surface area contributed by atoms with Crippen LogP contribution in [0.4, 0.5) is 0 Å². The molecule has 0 saturated heterocycles. The highest BCUT2D eigenvalue weighted by Gasteiger charge is 1.99. The summed E-state index contributed by atoms with van der Waals surface area (Å²) in [4.78, 5) is 0. The monoisotopic (exact) mass is 191 g/mol. The zero-order chi connectivity index (χ0) is 10.3. The van der Waals surface area contributed by atoms with Crippen LogP contribution in [-0.2, 0) is 0 Å². The maximum absolute atomic E-state index is 3.24. The van der Waals surface area contributed by atoms with Gasteiger partial charge in [0.15, 0.2) is 0 Å². The summed E-state index contributed by atoms with van der Waals surface area (Å²) < 4.78 is 0. The fraction of sp³-hybridized carbons (Fsp3) is 0.0667. The summed E-state index contributed by atoms with van der Waals surface area (Å²) in [7, 11) is 0. The van der Waals surface area contributed by atoms with Crippen molar-refractivity contribution in [2.24, 2.45) is 0 Å². The second-order valence-electron chi connectivity index (χ2n) is 3.91. The molecule has 71 valence electrons. The molecule has 0 heteroatoms. The minimum Gasteiger partial charge on any atom is -0.0616 e. The van der Waals surface area contributed by atoms with Crippen molar-refractivity contribution in [1.82, 2.24) is 0 Å². The van der Waals surface area contributed by atoms with Crippen LogP contribution in [0.3, 0.4) is 0 Å². The van der Waals surface area contributed by atoms with E-state index in [4.69, 9.17) is 0 Å². The van der Waals surface area contributed by atoms with Crippen LogP contribution in [0.2, 0.25) is 0 Å². The van der Waals surface area contributed by atoms with Gasteiger partial charge in [0.1, 0.15) is 0 Å². The average molecular weight is 191 g/mol. The zero-order valence-electron chi connectivity index (χ0n) is 8.62. The molecular formula is C15H11. The standard InChI is InChI=1S/C15H11/c1-11-6-7-13-9-8-12-4-2-3-5-14(12)15(13)10-11/h2-5,7-10H,1H3. The predicted octanol–water partition coefficient (Wildman–Crippen LogP) is 4.10. The van der Waals surface area contributed by atoms with E-state index in [1.807, 2.05) is 0 Å². The molecule has 0 nitrogen and oxygen atoms in total. The first-order valence-electron chi connectivity index (χ1n) is 5.14. The minimum atomic E-state index is 1.19. The van der Waals surface area contributed by atoms with Gasteiger partial charge in [-0.1, -0.05) is 42.5 Å². The number of aryl methyl sites for hydroxylation is 1. The summed E-state index contributed by atoms with van der Waals surface area (Å²) in [5, 5.41) is 5.21. The van der Waals surface area contributed by atoms with Gasteiger partial charge in [-0.2, -0.15) is 0 Å². The highest BCUT2D eigenvalue weighted by molar-refractivity contribution is 6.07. The van der Waals surface area contributed by atoms with Crippen LogP contribution < -0.4 is 0 Å². The zero-order valence-corrected chi connectivity index (χ0v) is 8.62. The predicted molar refractivity (Wildman–Crippen MR) is 65.0 cm³/mol. The Morgan fingerprint density at radius 1 is 0.867 bits per heavy atom. The quantitative estimate of drug-likeness (QED) is 0.469. The lowest BCUT2D eigenvalue weighted by atomic mass is 10.0. The van der Waals surface area contributed by atoms with E-state index >= 15 is 0 Å².